The van der Waals surface area contributed by atoms with E-state index in [1.165, 1.54) is 7.11 Å². The Morgan fingerprint density at radius 1 is 1.47 bits per heavy atom. The fourth-order valence-electron chi connectivity index (χ4n) is 1.79. The van der Waals surface area contributed by atoms with Crippen molar-refractivity contribution in [2.45, 2.75) is 19.4 Å². The van der Waals surface area contributed by atoms with Crippen LogP contribution in [0.25, 0.3) is 0 Å². The monoisotopic (exact) mass is 237 g/mol. The van der Waals surface area contributed by atoms with Crippen molar-refractivity contribution in [3.05, 3.63) is 29.8 Å². The van der Waals surface area contributed by atoms with Crippen molar-refractivity contribution in [2.24, 2.45) is 0 Å². The zero-order valence-electron chi connectivity index (χ0n) is 10.7. The number of methoxy groups -OCH3 is 1. The van der Waals surface area contributed by atoms with Crippen molar-refractivity contribution in [1.29, 1.82) is 0 Å². The summed E-state index contributed by atoms with van der Waals surface area (Å²) >= 11 is 0. The summed E-state index contributed by atoms with van der Waals surface area (Å²) in [6.07, 6.45) is 0. The molecule has 0 saturated heterocycles. The topological polar surface area (TPSA) is 49.8 Å². The molecular weight excluding hydrogens is 218 g/mol. The largest absolute Gasteiger partial charge is 0.479 e. The van der Waals surface area contributed by atoms with E-state index in [-0.39, 0.29) is 6.61 Å². The van der Waals surface area contributed by atoms with Gasteiger partial charge in [0.1, 0.15) is 0 Å². The number of hydrogen-bond acceptors (Lipinski definition) is 3. The van der Waals surface area contributed by atoms with Crippen molar-refractivity contribution >= 4 is 11.7 Å². The van der Waals surface area contributed by atoms with Gasteiger partial charge in [-0.25, -0.2) is 4.79 Å². The molecular formula is C13H19NO3. The van der Waals surface area contributed by atoms with Gasteiger partial charge in [0, 0.05) is 19.8 Å². The molecule has 0 radical (unpaired) electrons. The number of carbonyl (C=O) groups is 1. The molecule has 0 aliphatic carbocycles. The summed E-state index contributed by atoms with van der Waals surface area (Å²) < 4.78 is 5.03. The Morgan fingerprint density at radius 3 is 2.53 bits per heavy atom. The first-order valence-corrected chi connectivity index (χ1v) is 5.45. The summed E-state index contributed by atoms with van der Waals surface area (Å²) in [5.41, 5.74) is 0.869. The molecule has 0 aliphatic rings. The molecule has 0 bridgehead atoms. The Balaban J connectivity index is 3.13. The minimum absolute atomic E-state index is 0.132. The maximum absolute atomic E-state index is 11.4. The molecule has 0 spiro atoms. The van der Waals surface area contributed by atoms with Crippen LogP contribution in [0.1, 0.15) is 12.5 Å². The molecule has 1 N–H and O–H groups in total. The standard InChI is InChI=1S/C13H19NO3/c1-10-7-5-6-8-11(10)14(3)13(2,9-17-4)12(15)16/h5-8H,9H2,1-4H3,(H,15,16). The van der Waals surface area contributed by atoms with Gasteiger partial charge in [0.15, 0.2) is 5.54 Å². The first-order valence-electron chi connectivity index (χ1n) is 5.45. The van der Waals surface area contributed by atoms with Crippen LogP contribution >= 0.6 is 0 Å². The van der Waals surface area contributed by atoms with Gasteiger partial charge in [-0.1, -0.05) is 18.2 Å². The highest BCUT2D eigenvalue weighted by atomic mass is 16.5. The van der Waals surface area contributed by atoms with Gasteiger partial charge in [-0.3, -0.25) is 0 Å². The summed E-state index contributed by atoms with van der Waals surface area (Å²) in [7, 11) is 3.28. The summed E-state index contributed by atoms with van der Waals surface area (Å²) in [5, 5.41) is 9.36. The van der Waals surface area contributed by atoms with Gasteiger partial charge in [0.2, 0.25) is 0 Å². The lowest BCUT2D eigenvalue weighted by Crippen LogP contribution is -2.54. The number of hydrogen-bond donors (Lipinski definition) is 1. The number of carboxylic acids is 1. The Hall–Kier alpha value is -1.55. The molecule has 94 valence electrons. The number of benzene rings is 1. The van der Waals surface area contributed by atoms with Gasteiger partial charge < -0.3 is 14.7 Å². The van der Waals surface area contributed by atoms with Crippen molar-refractivity contribution < 1.29 is 14.6 Å². The Bertz CT molecular complexity index is 405. The van der Waals surface area contributed by atoms with Gasteiger partial charge >= 0.3 is 5.97 Å². The SMILES string of the molecule is COCC(C)(C(=O)O)N(C)c1ccccc1C. The average molecular weight is 237 g/mol. The second-order valence-corrected chi connectivity index (χ2v) is 4.36. The molecule has 0 heterocycles. The molecule has 1 atom stereocenters. The van der Waals surface area contributed by atoms with E-state index in [1.807, 2.05) is 31.2 Å². The third-order valence-corrected chi connectivity index (χ3v) is 3.10. The van der Waals surface area contributed by atoms with Crippen LogP contribution in [-0.4, -0.2) is 37.4 Å². The fraction of sp³-hybridized carbons (Fsp3) is 0.462. The lowest BCUT2D eigenvalue weighted by atomic mass is 10.00. The summed E-state index contributed by atoms with van der Waals surface area (Å²) in [6, 6.07) is 7.70. The minimum Gasteiger partial charge on any atom is -0.479 e. The third kappa shape index (κ3) is 2.58. The number of anilines is 1. The third-order valence-electron chi connectivity index (χ3n) is 3.10. The fourth-order valence-corrected chi connectivity index (χ4v) is 1.79. The van der Waals surface area contributed by atoms with Crippen LogP contribution in [0.3, 0.4) is 0 Å². The number of para-hydroxylation sites is 1. The van der Waals surface area contributed by atoms with E-state index in [0.29, 0.717) is 0 Å². The van der Waals surface area contributed by atoms with E-state index in [1.54, 1.807) is 18.9 Å². The average Bonchev–Trinajstić information content (AvgIpc) is 2.28. The first-order chi connectivity index (χ1) is 7.93. The number of nitrogens with zero attached hydrogens (tertiary/aromatic N) is 1. The van der Waals surface area contributed by atoms with Gasteiger partial charge in [-0.15, -0.1) is 0 Å². The summed E-state index contributed by atoms with van der Waals surface area (Å²) in [5.74, 6) is -0.898. The predicted octanol–water partition coefficient (Wildman–Crippen LogP) is 1.92. The zero-order chi connectivity index (χ0) is 13.1. The molecule has 0 aliphatic heterocycles. The van der Waals surface area contributed by atoms with Crippen molar-refractivity contribution in [2.75, 3.05) is 25.7 Å². The Labute approximate surface area is 102 Å². The normalized spacial score (nSPS) is 14.1. The molecule has 0 amide bonds. The molecule has 1 unspecified atom stereocenters. The van der Waals surface area contributed by atoms with E-state index in [9.17, 15) is 9.90 Å². The van der Waals surface area contributed by atoms with Crippen molar-refractivity contribution in [1.82, 2.24) is 0 Å². The van der Waals surface area contributed by atoms with Crippen LogP contribution in [0.2, 0.25) is 0 Å². The molecule has 0 fully saturated rings. The highest BCUT2D eigenvalue weighted by molar-refractivity contribution is 5.83. The molecule has 4 nitrogen and oxygen atoms in total. The number of aryl methyl sites for hydroxylation is 1. The van der Waals surface area contributed by atoms with Gasteiger partial charge in [-0.05, 0) is 25.5 Å². The van der Waals surface area contributed by atoms with Crippen LogP contribution in [0.15, 0.2) is 24.3 Å². The summed E-state index contributed by atoms with van der Waals surface area (Å²) in [4.78, 5) is 13.2. The molecule has 0 saturated carbocycles. The van der Waals surface area contributed by atoms with Crippen molar-refractivity contribution in [3.8, 4) is 0 Å². The maximum atomic E-state index is 11.4. The van der Waals surface area contributed by atoms with E-state index >= 15 is 0 Å². The number of rotatable bonds is 5. The number of ether oxygens (including phenoxy) is 1. The van der Waals surface area contributed by atoms with Crippen LogP contribution in [0, 0.1) is 6.92 Å². The highest BCUT2D eigenvalue weighted by Gasteiger charge is 2.38. The quantitative estimate of drug-likeness (QED) is 0.850. The van der Waals surface area contributed by atoms with Crippen molar-refractivity contribution in [3.63, 3.8) is 0 Å². The Kier molecular flexibility index (Phi) is 4.12. The van der Waals surface area contributed by atoms with Gasteiger partial charge in [0.05, 0.1) is 6.61 Å². The molecule has 0 aromatic heterocycles. The first kappa shape index (κ1) is 13.5. The maximum Gasteiger partial charge on any atom is 0.331 e. The molecule has 1 rings (SSSR count). The molecule has 1 aromatic carbocycles. The Morgan fingerprint density at radius 2 is 2.06 bits per heavy atom. The second-order valence-electron chi connectivity index (χ2n) is 4.36. The van der Waals surface area contributed by atoms with Crippen LogP contribution < -0.4 is 4.90 Å². The van der Waals surface area contributed by atoms with E-state index < -0.39 is 11.5 Å². The van der Waals surface area contributed by atoms with Gasteiger partial charge in [-0.2, -0.15) is 0 Å². The smallest absolute Gasteiger partial charge is 0.331 e. The lowest BCUT2D eigenvalue weighted by molar-refractivity contribution is -0.144. The number of likely N-dealkylation sites (N-methyl/N-ethyl adjacent to an activating group) is 1. The zero-order valence-corrected chi connectivity index (χ0v) is 10.7. The van der Waals surface area contributed by atoms with E-state index in [2.05, 4.69) is 0 Å². The molecule has 17 heavy (non-hydrogen) atoms. The van der Waals surface area contributed by atoms with E-state index in [4.69, 9.17) is 4.74 Å². The second kappa shape index (κ2) is 5.19. The lowest BCUT2D eigenvalue weighted by Gasteiger charge is -2.37. The summed E-state index contributed by atoms with van der Waals surface area (Å²) in [6.45, 7) is 3.75. The van der Waals surface area contributed by atoms with Crippen LogP contribution in [-0.2, 0) is 9.53 Å². The van der Waals surface area contributed by atoms with Crippen LogP contribution in [0.4, 0.5) is 5.69 Å². The highest BCUT2D eigenvalue weighted by Crippen LogP contribution is 2.26. The number of aliphatic carboxylic acids is 1. The van der Waals surface area contributed by atoms with Crippen LogP contribution in [0.5, 0.6) is 0 Å². The molecule has 1 aromatic rings. The van der Waals surface area contributed by atoms with Gasteiger partial charge in [0.25, 0.3) is 0 Å². The molecule has 4 heteroatoms. The predicted molar refractivity (Wildman–Crippen MR) is 67.5 cm³/mol. The minimum atomic E-state index is -1.07. The van der Waals surface area contributed by atoms with E-state index in [0.717, 1.165) is 11.3 Å². The number of carboxylic acid groups (broad SMARTS) is 1.